The highest BCUT2D eigenvalue weighted by Gasteiger charge is 2.32. The fraction of sp³-hybridized carbons (Fsp3) is 0.700. The van der Waals surface area contributed by atoms with Crippen LogP contribution < -0.4 is 9.46 Å². The van der Waals surface area contributed by atoms with Gasteiger partial charge in [-0.05, 0) is 47.0 Å². The van der Waals surface area contributed by atoms with Crippen LogP contribution in [0.5, 0.6) is 5.75 Å². The molecule has 31 heavy (non-hydrogen) atoms. The summed E-state index contributed by atoms with van der Waals surface area (Å²) in [5.74, 6) is 0.540. The Morgan fingerprint density at radius 2 is 1.94 bits per heavy atom. The van der Waals surface area contributed by atoms with Gasteiger partial charge >= 0.3 is 6.18 Å². The summed E-state index contributed by atoms with van der Waals surface area (Å²) in [6, 6.07) is 1.16. The Morgan fingerprint density at radius 3 is 2.58 bits per heavy atom. The number of ether oxygens (including phenoxy) is 1. The van der Waals surface area contributed by atoms with Gasteiger partial charge in [-0.25, -0.2) is 9.50 Å². The molecule has 0 amide bonds. The van der Waals surface area contributed by atoms with E-state index >= 15 is 0 Å². The van der Waals surface area contributed by atoms with Crippen LogP contribution in [-0.2, 0) is 11.4 Å². The summed E-state index contributed by atoms with van der Waals surface area (Å²) in [6.07, 6.45) is -0.734. The van der Waals surface area contributed by atoms with Crippen LogP contribution in [0.15, 0.2) is 12.3 Å². The Morgan fingerprint density at radius 1 is 1.23 bits per heavy atom. The molecule has 2 aromatic heterocycles. The van der Waals surface area contributed by atoms with Gasteiger partial charge in [0.15, 0.2) is 16.5 Å². The molecule has 0 radical (unpaired) electrons. The summed E-state index contributed by atoms with van der Waals surface area (Å²) in [7, 11) is 0. The van der Waals surface area contributed by atoms with E-state index in [9.17, 15) is 17.7 Å². The molecule has 11 heteroatoms. The van der Waals surface area contributed by atoms with Gasteiger partial charge in [-0.15, -0.1) is 4.72 Å². The number of nitrogens with zero attached hydrogens (tertiary/aromatic N) is 3. The van der Waals surface area contributed by atoms with Crippen molar-refractivity contribution in [1.82, 2.24) is 19.3 Å². The molecule has 2 heterocycles. The molecule has 176 valence electrons. The molecule has 0 aliphatic carbocycles. The van der Waals surface area contributed by atoms with Crippen LogP contribution in [-0.4, -0.2) is 42.7 Å². The zero-order chi connectivity index (χ0) is 23.2. The van der Waals surface area contributed by atoms with E-state index in [4.69, 9.17) is 16.3 Å². The minimum Gasteiger partial charge on any atom is -0.598 e. The summed E-state index contributed by atoms with van der Waals surface area (Å²) in [6.45, 7) is 7.65. The standard InChI is InChI=1S/C20H30ClF3N4O2S/c1-14-13-28-18(25-14)16(12-17(21)26-28)30-11-7-5-6-8-15(9-10-20(22,23)24)27-31(29)19(2,3)4/h12-13,15,27H,5-11H2,1-4H3/t15-,31?/m1/s1. The van der Waals surface area contributed by atoms with Crippen LogP contribution in [0.1, 0.15) is 65.0 Å². The van der Waals surface area contributed by atoms with Gasteiger partial charge in [-0.1, -0.05) is 24.4 Å². The SMILES string of the molecule is Cc1cn2nc(Cl)cc(OCCCCC[C@H](CCC(F)(F)F)N[S+]([O-])C(C)(C)C)c2n1. The number of nitrogens with one attached hydrogen (secondary N) is 1. The predicted molar refractivity (Wildman–Crippen MR) is 117 cm³/mol. The van der Waals surface area contributed by atoms with Crippen LogP contribution in [0.25, 0.3) is 5.65 Å². The molecule has 2 atom stereocenters. The fourth-order valence-electron chi connectivity index (χ4n) is 2.92. The first kappa shape index (κ1) is 26.0. The van der Waals surface area contributed by atoms with Crippen LogP contribution in [0.4, 0.5) is 13.2 Å². The normalized spacial score (nSPS) is 14.7. The number of imidazole rings is 1. The molecule has 0 aliphatic rings. The van der Waals surface area contributed by atoms with Crippen molar-refractivity contribution < 1.29 is 22.5 Å². The molecule has 0 fully saturated rings. The van der Waals surface area contributed by atoms with E-state index in [1.807, 2.05) is 6.92 Å². The lowest BCUT2D eigenvalue weighted by Crippen LogP contribution is -2.45. The van der Waals surface area contributed by atoms with Crippen molar-refractivity contribution in [3.05, 3.63) is 23.1 Å². The van der Waals surface area contributed by atoms with Crippen molar-refractivity contribution in [1.29, 1.82) is 0 Å². The molecule has 0 aromatic carbocycles. The van der Waals surface area contributed by atoms with Crippen LogP contribution in [0.3, 0.4) is 0 Å². The second-order valence-electron chi connectivity index (χ2n) is 8.53. The largest absolute Gasteiger partial charge is 0.598 e. The highest BCUT2D eigenvalue weighted by Crippen LogP contribution is 2.25. The van der Waals surface area contributed by atoms with E-state index in [0.717, 1.165) is 18.5 Å². The first-order chi connectivity index (χ1) is 14.3. The fourth-order valence-corrected chi connectivity index (χ4v) is 3.99. The average Bonchev–Trinajstić information content (AvgIpc) is 3.00. The van der Waals surface area contributed by atoms with Gasteiger partial charge < -0.3 is 9.29 Å². The number of aryl methyl sites for hydroxylation is 1. The van der Waals surface area contributed by atoms with Crippen LogP contribution in [0, 0.1) is 6.92 Å². The molecule has 0 spiro atoms. The zero-order valence-corrected chi connectivity index (χ0v) is 19.8. The first-order valence-corrected chi connectivity index (χ1v) is 11.8. The average molecular weight is 483 g/mol. The Bertz CT molecular complexity index is 842. The molecule has 2 aromatic rings. The third-order valence-electron chi connectivity index (χ3n) is 4.54. The number of unbranched alkanes of at least 4 members (excludes halogenated alkanes) is 2. The Labute approximate surface area is 189 Å². The van der Waals surface area contributed by atoms with Crippen LogP contribution >= 0.6 is 11.6 Å². The molecule has 2 rings (SSSR count). The van der Waals surface area contributed by atoms with Gasteiger partial charge in [0.2, 0.25) is 0 Å². The highest BCUT2D eigenvalue weighted by molar-refractivity contribution is 7.90. The smallest absolute Gasteiger partial charge is 0.389 e. The summed E-state index contributed by atoms with van der Waals surface area (Å²) in [4.78, 5) is 4.37. The summed E-state index contributed by atoms with van der Waals surface area (Å²) in [5.41, 5.74) is 1.38. The van der Waals surface area contributed by atoms with Gasteiger partial charge in [-0.2, -0.15) is 18.3 Å². The number of rotatable bonds is 11. The van der Waals surface area contributed by atoms with Crippen molar-refractivity contribution in [2.45, 2.75) is 83.2 Å². The number of fused-ring (bicyclic) bond motifs is 1. The van der Waals surface area contributed by atoms with Crippen molar-refractivity contribution in [2.75, 3.05) is 6.61 Å². The highest BCUT2D eigenvalue weighted by atomic mass is 35.5. The maximum absolute atomic E-state index is 12.6. The number of halogens is 4. The summed E-state index contributed by atoms with van der Waals surface area (Å²) < 4.78 is 59.9. The van der Waals surface area contributed by atoms with Gasteiger partial charge in [0, 0.05) is 23.8 Å². The topological polar surface area (TPSA) is 74.5 Å². The third kappa shape index (κ3) is 9.03. The molecular weight excluding hydrogens is 453 g/mol. The van der Waals surface area contributed by atoms with Crippen molar-refractivity contribution in [3.63, 3.8) is 0 Å². The van der Waals surface area contributed by atoms with E-state index < -0.39 is 34.7 Å². The van der Waals surface area contributed by atoms with Crippen LogP contribution in [0.2, 0.25) is 5.15 Å². The van der Waals surface area contributed by atoms with E-state index in [-0.39, 0.29) is 6.42 Å². The Kier molecular flexibility index (Phi) is 9.29. The molecule has 1 unspecified atom stereocenters. The van der Waals surface area contributed by atoms with E-state index in [0.29, 0.717) is 36.0 Å². The number of alkyl halides is 3. The maximum Gasteiger partial charge on any atom is 0.389 e. The summed E-state index contributed by atoms with van der Waals surface area (Å²) in [5, 5.41) is 4.43. The number of hydrogen-bond donors (Lipinski definition) is 1. The van der Waals surface area contributed by atoms with Crippen molar-refractivity contribution in [3.8, 4) is 5.75 Å². The van der Waals surface area contributed by atoms with Crippen molar-refractivity contribution in [2.24, 2.45) is 0 Å². The Hall–Kier alpha value is -1.23. The maximum atomic E-state index is 12.6. The first-order valence-electron chi connectivity index (χ1n) is 10.3. The van der Waals surface area contributed by atoms with Gasteiger partial charge in [0.05, 0.1) is 24.5 Å². The van der Waals surface area contributed by atoms with E-state index in [1.54, 1.807) is 37.5 Å². The Balaban J connectivity index is 1.80. The predicted octanol–water partition coefficient (Wildman–Crippen LogP) is 5.39. The quantitative estimate of drug-likeness (QED) is 0.343. The van der Waals surface area contributed by atoms with Gasteiger partial charge in [0.25, 0.3) is 0 Å². The number of hydrogen-bond acceptors (Lipinski definition) is 5. The third-order valence-corrected chi connectivity index (χ3v) is 6.39. The summed E-state index contributed by atoms with van der Waals surface area (Å²) >= 11 is 4.60. The minimum atomic E-state index is -4.22. The lowest BCUT2D eigenvalue weighted by atomic mass is 10.0. The molecule has 1 N–H and O–H groups in total. The van der Waals surface area contributed by atoms with Gasteiger partial charge in [0.1, 0.15) is 4.75 Å². The van der Waals surface area contributed by atoms with E-state index in [2.05, 4.69) is 14.8 Å². The second kappa shape index (κ2) is 11.1. The lowest BCUT2D eigenvalue weighted by molar-refractivity contribution is -0.136. The minimum absolute atomic E-state index is 0.0887. The second-order valence-corrected chi connectivity index (χ2v) is 10.9. The molecule has 0 aliphatic heterocycles. The number of aromatic nitrogens is 3. The molecular formula is C20H30ClF3N4O2S. The molecule has 0 bridgehead atoms. The molecule has 0 saturated carbocycles. The lowest BCUT2D eigenvalue weighted by Gasteiger charge is -2.28. The molecule has 0 saturated heterocycles. The van der Waals surface area contributed by atoms with Gasteiger partial charge in [-0.3, -0.25) is 0 Å². The zero-order valence-electron chi connectivity index (χ0n) is 18.3. The van der Waals surface area contributed by atoms with E-state index in [1.165, 1.54) is 0 Å². The van der Waals surface area contributed by atoms with Crippen molar-refractivity contribution >= 4 is 28.6 Å². The monoisotopic (exact) mass is 482 g/mol. The molecule has 6 nitrogen and oxygen atoms in total.